The number of aliphatic hydroxyl groups excluding tert-OH is 1. The number of benzene rings is 1. The molecule has 3 aromatic rings. The van der Waals surface area contributed by atoms with Crippen LogP contribution < -0.4 is 20.3 Å². The minimum Gasteiger partial charge on any atom is -0.474 e. The number of nitrogens with one attached hydrogen (secondary N) is 2. The van der Waals surface area contributed by atoms with Crippen LogP contribution in [0.2, 0.25) is 0 Å². The lowest BCUT2D eigenvalue weighted by atomic mass is 9.93. The summed E-state index contributed by atoms with van der Waals surface area (Å²) in [7, 11) is 0. The lowest BCUT2D eigenvalue weighted by Crippen LogP contribution is -2.49. The summed E-state index contributed by atoms with van der Waals surface area (Å²) in [5, 5.41) is 15.5. The van der Waals surface area contributed by atoms with Gasteiger partial charge in [0.25, 0.3) is 6.43 Å². The van der Waals surface area contributed by atoms with Gasteiger partial charge < -0.3 is 30.1 Å². The van der Waals surface area contributed by atoms with E-state index in [1.165, 1.54) is 4.57 Å². The number of carbonyl (C=O) groups is 1. The molecule has 1 aliphatic heterocycles. The van der Waals surface area contributed by atoms with Crippen LogP contribution in [0.3, 0.4) is 0 Å². The molecule has 1 saturated heterocycles. The van der Waals surface area contributed by atoms with Gasteiger partial charge in [0.1, 0.15) is 11.9 Å². The highest BCUT2D eigenvalue weighted by Crippen LogP contribution is 2.31. The molecule has 1 aromatic carbocycles. The van der Waals surface area contributed by atoms with Gasteiger partial charge in [-0.1, -0.05) is 12.1 Å². The highest BCUT2D eigenvalue weighted by molar-refractivity contribution is 5.78. The number of ether oxygens (including phenoxy) is 2. The van der Waals surface area contributed by atoms with E-state index in [1.54, 1.807) is 30.3 Å². The number of halogens is 2. The number of rotatable bonds is 10. The van der Waals surface area contributed by atoms with E-state index in [0.29, 0.717) is 62.0 Å². The zero-order chi connectivity index (χ0) is 29.0. The minimum absolute atomic E-state index is 0.0252. The number of morpholine rings is 1. The smallest absolute Gasteiger partial charge is 0.296 e. The van der Waals surface area contributed by atoms with Gasteiger partial charge in [-0.15, -0.1) is 0 Å². The van der Waals surface area contributed by atoms with Crippen molar-refractivity contribution in [3.8, 4) is 11.7 Å². The Kier molecular flexibility index (Phi) is 8.95. The maximum Gasteiger partial charge on any atom is 0.296 e. The van der Waals surface area contributed by atoms with Crippen molar-refractivity contribution < 1.29 is 28.2 Å². The maximum atomic E-state index is 14.1. The van der Waals surface area contributed by atoms with Crippen LogP contribution in [0.1, 0.15) is 51.8 Å². The molecule has 2 aliphatic rings. The molecular formula is C28H37F2N7O4. The van der Waals surface area contributed by atoms with Crippen LogP contribution in [-0.2, 0) is 9.53 Å². The Morgan fingerprint density at radius 2 is 1.88 bits per heavy atom. The molecule has 0 bridgehead atoms. The van der Waals surface area contributed by atoms with E-state index in [-0.39, 0.29) is 37.0 Å². The van der Waals surface area contributed by atoms with E-state index in [4.69, 9.17) is 9.47 Å². The van der Waals surface area contributed by atoms with Crippen LogP contribution in [0.5, 0.6) is 5.88 Å². The summed E-state index contributed by atoms with van der Waals surface area (Å²) in [4.78, 5) is 27.8. The highest BCUT2D eigenvalue weighted by Gasteiger charge is 2.27. The Bertz CT molecular complexity index is 1340. The second-order valence-corrected chi connectivity index (χ2v) is 11.1. The van der Waals surface area contributed by atoms with Gasteiger partial charge in [-0.3, -0.25) is 9.36 Å². The van der Waals surface area contributed by atoms with Gasteiger partial charge in [0.05, 0.1) is 37.4 Å². The number of hydrogen-bond acceptors (Lipinski definition) is 9. The van der Waals surface area contributed by atoms with E-state index in [2.05, 4.69) is 25.6 Å². The van der Waals surface area contributed by atoms with Crippen LogP contribution in [0.4, 0.5) is 14.7 Å². The van der Waals surface area contributed by atoms with Gasteiger partial charge in [0.2, 0.25) is 17.7 Å². The molecule has 13 heteroatoms. The second kappa shape index (κ2) is 12.6. The zero-order valence-corrected chi connectivity index (χ0v) is 23.4. The average Bonchev–Trinajstić information content (AvgIpc) is 3.38. The topological polar surface area (TPSA) is 127 Å². The molecule has 1 amide bonds. The first-order valence-corrected chi connectivity index (χ1v) is 14.0. The fraction of sp³-hybridized carbons (Fsp3) is 0.571. The number of amides is 1. The third kappa shape index (κ3) is 7.08. The van der Waals surface area contributed by atoms with Crippen LogP contribution in [-0.4, -0.2) is 87.7 Å². The third-order valence-electron chi connectivity index (χ3n) is 7.43. The van der Waals surface area contributed by atoms with Gasteiger partial charge in [-0.2, -0.15) is 9.97 Å². The Balaban J connectivity index is 1.33. The summed E-state index contributed by atoms with van der Waals surface area (Å²) in [6.45, 7) is 5.90. The number of aromatic nitrogens is 4. The van der Waals surface area contributed by atoms with E-state index >= 15 is 0 Å². The molecule has 0 radical (unpaired) electrons. The highest BCUT2D eigenvalue weighted by atomic mass is 19.3. The number of alkyl halides is 2. The number of anilines is 1. The van der Waals surface area contributed by atoms with Crippen LogP contribution >= 0.6 is 0 Å². The zero-order valence-electron chi connectivity index (χ0n) is 23.4. The van der Waals surface area contributed by atoms with Crippen molar-refractivity contribution in [2.45, 2.75) is 63.6 Å². The SMILES string of the molecule is CC(C)(CO)NCC(=O)N[C@H]1CC[C@H](Oc2cc(-n3c(C(F)F)nc4ccccc43)nc(N3CCOCC3)n2)CC1. The van der Waals surface area contributed by atoms with Crippen molar-refractivity contribution in [1.82, 2.24) is 30.2 Å². The number of imidazole rings is 1. The summed E-state index contributed by atoms with van der Waals surface area (Å²) in [5.41, 5.74) is 0.444. The number of nitrogens with zero attached hydrogens (tertiary/aromatic N) is 5. The fourth-order valence-electron chi connectivity index (χ4n) is 5.06. The molecule has 0 atom stereocenters. The standard InChI is InChI=1S/C28H37F2N7O4/c1-28(2,17-38)31-16-23(39)32-18-7-9-19(10-8-18)41-24-15-22(34-27(35-24)36-11-13-40-14-12-36)37-21-6-4-3-5-20(21)33-26(37)25(29)30/h3-6,15,18-19,25,31,38H,7-14,16-17H2,1-2H3,(H,32,39)/t18-,19-. The Labute approximate surface area is 237 Å². The molecule has 41 heavy (non-hydrogen) atoms. The number of para-hydroxylation sites is 2. The first-order valence-electron chi connectivity index (χ1n) is 14.0. The summed E-state index contributed by atoms with van der Waals surface area (Å²) in [6, 6.07) is 8.58. The lowest BCUT2D eigenvalue weighted by Gasteiger charge is -2.31. The second-order valence-electron chi connectivity index (χ2n) is 11.1. The normalized spacial score (nSPS) is 20.0. The van der Waals surface area contributed by atoms with Crippen LogP contribution in [0.15, 0.2) is 30.3 Å². The molecule has 1 aliphatic carbocycles. The summed E-state index contributed by atoms with van der Waals surface area (Å²) in [6.07, 6.45) is -0.0923. The number of hydrogen-bond donors (Lipinski definition) is 3. The number of carbonyl (C=O) groups excluding carboxylic acids is 1. The quantitative estimate of drug-likeness (QED) is 0.336. The summed E-state index contributed by atoms with van der Waals surface area (Å²) < 4.78 is 41.4. The lowest BCUT2D eigenvalue weighted by molar-refractivity contribution is -0.121. The van der Waals surface area contributed by atoms with Crippen molar-refractivity contribution >= 4 is 22.9 Å². The third-order valence-corrected chi connectivity index (χ3v) is 7.43. The van der Waals surface area contributed by atoms with Crippen molar-refractivity contribution in [1.29, 1.82) is 0 Å². The van der Waals surface area contributed by atoms with Gasteiger partial charge in [0.15, 0.2) is 5.82 Å². The first-order chi connectivity index (χ1) is 19.7. The van der Waals surface area contributed by atoms with Gasteiger partial charge in [0, 0.05) is 30.7 Å². The van der Waals surface area contributed by atoms with E-state index < -0.39 is 17.8 Å². The molecule has 2 aromatic heterocycles. The first kappa shape index (κ1) is 29.1. The van der Waals surface area contributed by atoms with Crippen molar-refractivity contribution in [2.75, 3.05) is 44.4 Å². The molecular weight excluding hydrogens is 536 g/mol. The molecule has 222 valence electrons. The molecule has 5 rings (SSSR count). The molecule has 3 N–H and O–H groups in total. The fourth-order valence-corrected chi connectivity index (χ4v) is 5.06. The van der Waals surface area contributed by atoms with E-state index in [9.17, 15) is 18.7 Å². The molecule has 1 saturated carbocycles. The molecule has 11 nitrogen and oxygen atoms in total. The van der Waals surface area contributed by atoms with Crippen molar-refractivity contribution in [3.05, 3.63) is 36.2 Å². The number of fused-ring (bicyclic) bond motifs is 1. The largest absolute Gasteiger partial charge is 0.474 e. The minimum atomic E-state index is -2.80. The van der Waals surface area contributed by atoms with Crippen LogP contribution in [0, 0.1) is 0 Å². The summed E-state index contributed by atoms with van der Waals surface area (Å²) >= 11 is 0. The number of aliphatic hydroxyl groups is 1. The molecule has 2 fully saturated rings. The van der Waals surface area contributed by atoms with Gasteiger partial charge in [-0.05, 0) is 51.7 Å². The predicted octanol–water partition coefficient (Wildman–Crippen LogP) is 2.76. The van der Waals surface area contributed by atoms with Gasteiger partial charge >= 0.3 is 0 Å². The Hall–Kier alpha value is -3.42. The maximum absolute atomic E-state index is 14.1. The Morgan fingerprint density at radius 3 is 2.59 bits per heavy atom. The average molecular weight is 574 g/mol. The van der Waals surface area contributed by atoms with E-state index in [0.717, 1.165) is 12.8 Å². The Morgan fingerprint density at radius 1 is 1.15 bits per heavy atom. The molecule has 0 spiro atoms. The van der Waals surface area contributed by atoms with E-state index in [1.807, 2.05) is 18.7 Å². The summed E-state index contributed by atoms with van der Waals surface area (Å²) in [5.74, 6) is 0.445. The molecule has 0 unspecified atom stereocenters. The monoisotopic (exact) mass is 573 g/mol. The van der Waals surface area contributed by atoms with Crippen molar-refractivity contribution in [3.63, 3.8) is 0 Å². The molecule has 3 heterocycles. The van der Waals surface area contributed by atoms with Crippen molar-refractivity contribution in [2.24, 2.45) is 0 Å². The van der Waals surface area contributed by atoms with Gasteiger partial charge in [-0.25, -0.2) is 13.8 Å². The predicted molar refractivity (Wildman–Crippen MR) is 149 cm³/mol. The van der Waals surface area contributed by atoms with Crippen LogP contribution in [0.25, 0.3) is 16.9 Å².